The van der Waals surface area contributed by atoms with Gasteiger partial charge >= 0.3 is 0 Å². The molecule has 5 aromatic rings. The third-order valence-corrected chi connectivity index (χ3v) is 6.73. The van der Waals surface area contributed by atoms with Gasteiger partial charge < -0.3 is 14.3 Å². The minimum absolute atomic E-state index is 0.0852. The maximum Gasteiger partial charge on any atom is 0.201 e. The number of fused-ring (bicyclic) bond motifs is 2. The monoisotopic (exact) mass is 476 g/mol. The molecule has 0 saturated carbocycles. The number of carbonyl (C=O) groups is 1. The second-order valence-electron chi connectivity index (χ2n) is 8.09. The number of hydrogen-bond acceptors (Lipinski definition) is 4. The lowest BCUT2D eigenvalue weighted by Crippen LogP contribution is -2.09. The smallest absolute Gasteiger partial charge is 0.201 e. The molecule has 2 N–H and O–H groups in total. The minimum atomic E-state index is -0.896. The summed E-state index contributed by atoms with van der Waals surface area (Å²) in [5, 5.41) is 1.59. The Hall–Kier alpha value is -3.65. The molecule has 0 radical (unpaired) electrons. The zero-order valence-electron chi connectivity index (χ0n) is 18.7. The van der Waals surface area contributed by atoms with Crippen molar-refractivity contribution in [3.05, 3.63) is 83.8 Å². The SMILES string of the molecule is CCCSNc1ccc(F)c(C(=O)c2cn(C)c3ncc(-c4ccc5[nH]ccc5c4)cc23)c1F. The molecule has 8 heteroatoms. The van der Waals surface area contributed by atoms with Crippen LogP contribution in [-0.4, -0.2) is 26.1 Å². The van der Waals surface area contributed by atoms with Gasteiger partial charge in [0.05, 0.1) is 11.3 Å². The van der Waals surface area contributed by atoms with Gasteiger partial charge in [-0.25, -0.2) is 13.8 Å². The van der Waals surface area contributed by atoms with E-state index in [-0.39, 0.29) is 11.3 Å². The standard InChI is InChI=1S/C26H22F2N4OS/c1-3-10-34-31-22-7-5-20(27)23(24(22)28)25(33)19-14-32(2)26-18(19)12-17(13-30-26)15-4-6-21-16(11-15)8-9-29-21/h4-9,11-14,29,31H,3,10H2,1-2H3. The molecule has 0 spiro atoms. The molecule has 0 bridgehead atoms. The van der Waals surface area contributed by atoms with Gasteiger partial charge in [-0.3, -0.25) is 4.79 Å². The summed E-state index contributed by atoms with van der Waals surface area (Å²) >= 11 is 1.31. The Labute approximate surface area is 199 Å². The quantitative estimate of drug-likeness (QED) is 0.156. The zero-order chi connectivity index (χ0) is 23.8. The van der Waals surface area contributed by atoms with Crippen LogP contribution in [0, 0.1) is 11.6 Å². The van der Waals surface area contributed by atoms with E-state index in [0.717, 1.165) is 40.3 Å². The van der Waals surface area contributed by atoms with E-state index in [4.69, 9.17) is 0 Å². The molecule has 0 aliphatic carbocycles. The van der Waals surface area contributed by atoms with E-state index in [2.05, 4.69) is 14.7 Å². The summed E-state index contributed by atoms with van der Waals surface area (Å²) in [5.41, 5.74) is 3.03. The van der Waals surface area contributed by atoms with E-state index >= 15 is 4.39 Å². The average molecular weight is 477 g/mol. The van der Waals surface area contributed by atoms with E-state index < -0.39 is 23.0 Å². The maximum atomic E-state index is 15.2. The Bertz CT molecular complexity index is 1540. The zero-order valence-corrected chi connectivity index (χ0v) is 19.5. The van der Waals surface area contributed by atoms with Gasteiger partial charge in [-0.1, -0.05) is 24.9 Å². The lowest BCUT2D eigenvalue weighted by atomic mass is 9.99. The number of halogens is 2. The fourth-order valence-electron chi connectivity index (χ4n) is 4.04. The van der Waals surface area contributed by atoms with Crippen molar-refractivity contribution in [1.29, 1.82) is 0 Å². The number of carbonyl (C=O) groups excluding carboxylic acids is 1. The molecule has 0 fully saturated rings. The summed E-state index contributed by atoms with van der Waals surface area (Å²) < 4.78 is 34.5. The summed E-state index contributed by atoms with van der Waals surface area (Å²) in [6.07, 6.45) is 6.08. The van der Waals surface area contributed by atoms with Gasteiger partial charge in [0.1, 0.15) is 11.5 Å². The van der Waals surface area contributed by atoms with Gasteiger partial charge in [0.25, 0.3) is 0 Å². The number of ketones is 1. The van der Waals surface area contributed by atoms with Crippen molar-refractivity contribution < 1.29 is 13.6 Å². The molecule has 172 valence electrons. The number of rotatable bonds is 7. The Morgan fingerprint density at radius 2 is 2.00 bits per heavy atom. The molecule has 0 atom stereocenters. The Balaban J connectivity index is 1.59. The van der Waals surface area contributed by atoms with Crippen LogP contribution in [0.5, 0.6) is 0 Å². The summed E-state index contributed by atoms with van der Waals surface area (Å²) in [6, 6.07) is 12.2. The molecule has 0 unspecified atom stereocenters. The molecule has 2 aromatic carbocycles. The number of H-pyrrole nitrogens is 1. The lowest BCUT2D eigenvalue weighted by Gasteiger charge is -2.10. The molecule has 0 amide bonds. The number of nitrogens with one attached hydrogen (secondary N) is 2. The Morgan fingerprint density at radius 1 is 1.15 bits per heavy atom. The number of pyridine rings is 1. The first-order chi connectivity index (χ1) is 16.5. The van der Waals surface area contributed by atoms with Crippen molar-refractivity contribution in [1.82, 2.24) is 14.5 Å². The van der Waals surface area contributed by atoms with E-state index in [1.54, 1.807) is 24.0 Å². The molecule has 0 aliphatic heterocycles. The van der Waals surface area contributed by atoms with Crippen LogP contribution in [0.15, 0.2) is 61.1 Å². The summed E-state index contributed by atoms with van der Waals surface area (Å²) in [6.45, 7) is 2.00. The normalized spacial score (nSPS) is 11.4. The van der Waals surface area contributed by atoms with Crippen LogP contribution in [0.3, 0.4) is 0 Å². The van der Waals surface area contributed by atoms with Gasteiger partial charge in [0.15, 0.2) is 5.82 Å². The number of benzene rings is 2. The van der Waals surface area contributed by atoms with Gasteiger partial charge in [-0.05, 0) is 53.8 Å². The highest BCUT2D eigenvalue weighted by Crippen LogP contribution is 2.31. The predicted octanol–water partition coefficient (Wildman–Crippen LogP) is 6.70. The molecule has 3 aromatic heterocycles. The molecular weight excluding hydrogens is 454 g/mol. The second kappa shape index (κ2) is 8.95. The van der Waals surface area contributed by atoms with Crippen molar-refractivity contribution in [3.63, 3.8) is 0 Å². The summed E-state index contributed by atoms with van der Waals surface area (Å²) in [7, 11) is 1.75. The summed E-state index contributed by atoms with van der Waals surface area (Å²) in [4.78, 5) is 21.1. The number of aromatic nitrogens is 3. The van der Waals surface area contributed by atoms with Crippen molar-refractivity contribution in [3.8, 4) is 11.1 Å². The first-order valence-electron chi connectivity index (χ1n) is 10.9. The molecule has 5 nitrogen and oxygen atoms in total. The van der Waals surface area contributed by atoms with E-state index in [0.29, 0.717) is 11.0 Å². The predicted molar refractivity (Wildman–Crippen MR) is 134 cm³/mol. The largest absolute Gasteiger partial charge is 0.361 e. The number of hydrogen-bond donors (Lipinski definition) is 2. The fraction of sp³-hybridized carbons (Fsp3) is 0.154. The minimum Gasteiger partial charge on any atom is -0.361 e. The Morgan fingerprint density at radius 3 is 2.82 bits per heavy atom. The van der Waals surface area contributed by atoms with E-state index in [1.807, 2.05) is 43.5 Å². The molecule has 0 saturated heterocycles. The van der Waals surface area contributed by atoms with Gasteiger partial charge in [0.2, 0.25) is 5.78 Å². The maximum absolute atomic E-state index is 15.2. The van der Waals surface area contributed by atoms with Gasteiger partial charge in [0, 0.05) is 53.4 Å². The average Bonchev–Trinajstić information content (AvgIpc) is 3.44. The van der Waals surface area contributed by atoms with Gasteiger partial charge in [-0.15, -0.1) is 0 Å². The first-order valence-corrected chi connectivity index (χ1v) is 11.9. The van der Waals surface area contributed by atoms with E-state index in [9.17, 15) is 9.18 Å². The molecule has 3 heterocycles. The number of aromatic amines is 1. The lowest BCUT2D eigenvalue weighted by molar-refractivity contribution is 0.103. The third kappa shape index (κ3) is 3.84. The van der Waals surface area contributed by atoms with Crippen LogP contribution in [0.4, 0.5) is 14.5 Å². The number of anilines is 1. The third-order valence-electron chi connectivity index (χ3n) is 5.75. The van der Waals surface area contributed by atoms with Crippen LogP contribution < -0.4 is 4.72 Å². The van der Waals surface area contributed by atoms with Crippen molar-refractivity contribution >= 4 is 45.4 Å². The summed E-state index contributed by atoms with van der Waals surface area (Å²) in [5.74, 6) is -1.75. The molecule has 0 aliphatic rings. The van der Waals surface area contributed by atoms with Crippen LogP contribution >= 0.6 is 11.9 Å². The second-order valence-corrected chi connectivity index (χ2v) is 8.99. The van der Waals surface area contributed by atoms with E-state index in [1.165, 1.54) is 18.0 Å². The van der Waals surface area contributed by atoms with Crippen LogP contribution in [0.1, 0.15) is 29.3 Å². The van der Waals surface area contributed by atoms with Crippen LogP contribution in [0.2, 0.25) is 0 Å². The number of nitrogens with zero attached hydrogens (tertiary/aromatic N) is 2. The van der Waals surface area contributed by atoms with Crippen LogP contribution in [-0.2, 0) is 7.05 Å². The highest BCUT2D eigenvalue weighted by Gasteiger charge is 2.25. The van der Waals surface area contributed by atoms with Crippen molar-refractivity contribution in [2.24, 2.45) is 7.05 Å². The van der Waals surface area contributed by atoms with Crippen LogP contribution in [0.25, 0.3) is 33.1 Å². The fourth-order valence-corrected chi connectivity index (χ4v) is 4.66. The highest BCUT2D eigenvalue weighted by molar-refractivity contribution is 8.00. The highest BCUT2D eigenvalue weighted by atomic mass is 32.2. The van der Waals surface area contributed by atoms with Crippen molar-refractivity contribution in [2.75, 3.05) is 10.5 Å². The molecule has 34 heavy (non-hydrogen) atoms. The topological polar surface area (TPSA) is 62.7 Å². The van der Waals surface area contributed by atoms with Crippen molar-refractivity contribution in [2.45, 2.75) is 13.3 Å². The molecule has 5 rings (SSSR count). The Kier molecular flexibility index (Phi) is 5.83. The first kappa shape index (κ1) is 22.2. The number of aryl methyl sites for hydroxylation is 1. The van der Waals surface area contributed by atoms with Gasteiger partial charge in [-0.2, -0.15) is 0 Å². The molecular formula is C26H22F2N4OS.